The van der Waals surface area contributed by atoms with E-state index in [0.717, 1.165) is 16.9 Å². The molecule has 0 aliphatic heterocycles. The van der Waals surface area contributed by atoms with Gasteiger partial charge in [0.15, 0.2) is 0 Å². The summed E-state index contributed by atoms with van der Waals surface area (Å²) in [4.78, 5) is 31.1. The Kier molecular flexibility index (Phi) is 5.37. The highest BCUT2D eigenvalue weighted by molar-refractivity contribution is 7.20. The minimum absolute atomic E-state index is 0.150. The highest BCUT2D eigenvalue weighted by Crippen LogP contribution is 2.29. The van der Waals surface area contributed by atoms with Gasteiger partial charge in [-0.05, 0) is 35.7 Å². The van der Waals surface area contributed by atoms with E-state index in [2.05, 4.69) is 10.3 Å². The van der Waals surface area contributed by atoms with E-state index in [-0.39, 0.29) is 17.5 Å². The normalized spacial score (nSPS) is 12.0. The number of methoxy groups -OCH3 is 1. The van der Waals surface area contributed by atoms with Crippen LogP contribution in [0, 0.1) is 6.92 Å². The van der Waals surface area contributed by atoms with Gasteiger partial charge in [-0.25, -0.2) is 4.98 Å². The fourth-order valence-corrected chi connectivity index (χ4v) is 4.47. The maximum Gasteiger partial charge on any atom is 0.262 e. The molecule has 0 radical (unpaired) electrons. The quantitative estimate of drug-likeness (QED) is 0.534. The molecule has 1 amide bonds. The van der Waals surface area contributed by atoms with E-state index in [1.807, 2.05) is 54.6 Å². The van der Waals surface area contributed by atoms with Crippen LogP contribution in [0.15, 0.2) is 65.7 Å². The molecule has 0 fully saturated rings. The van der Waals surface area contributed by atoms with Gasteiger partial charge in [-0.1, -0.05) is 42.5 Å². The highest BCUT2D eigenvalue weighted by Gasteiger charge is 2.23. The lowest BCUT2D eigenvalue weighted by Crippen LogP contribution is -2.29. The van der Waals surface area contributed by atoms with Crippen LogP contribution in [-0.4, -0.2) is 22.6 Å². The second-order valence-corrected chi connectivity index (χ2v) is 7.99. The monoisotopic (exact) mass is 419 g/mol. The molecule has 152 valence electrons. The third-order valence-electron chi connectivity index (χ3n) is 5.07. The number of nitrogens with one attached hydrogen (secondary N) is 1. The van der Waals surface area contributed by atoms with Gasteiger partial charge in [0.2, 0.25) is 0 Å². The Balaban J connectivity index is 1.73. The van der Waals surface area contributed by atoms with Crippen molar-refractivity contribution in [3.63, 3.8) is 0 Å². The molecule has 0 saturated carbocycles. The zero-order valence-corrected chi connectivity index (χ0v) is 17.7. The molecule has 30 heavy (non-hydrogen) atoms. The van der Waals surface area contributed by atoms with E-state index in [0.29, 0.717) is 20.7 Å². The lowest BCUT2D eigenvalue weighted by atomic mass is 9.98. The zero-order chi connectivity index (χ0) is 21.3. The molecule has 1 N–H and O–H groups in total. The number of aryl methyl sites for hydroxylation is 2. The number of carbonyl (C=O) groups excluding carboxylic acids is 1. The minimum Gasteiger partial charge on any atom is -0.497 e. The average molecular weight is 420 g/mol. The summed E-state index contributed by atoms with van der Waals surface area (Å²) in [6.45, 7) is 1.79. The van der Waals surface area contributed by atoms with E-state index in [1.165, 1.54) is 22.2 Å². The van der Waals surface area contributed by atoms with Crippen molar-refractivity contribution < 1.29 is 9.53 Å². The van der Waals surface area contributed by atoms with E-state index >= 15 is 0 Å². The lowest BCUT2D eigenvalue weighted by Gasteiger charge is -2.20. The first-order valence-electron chi connectivity index (χ1n) is 9.44. The van der Waals surface area contributed by atoms with Gasteiger partial charge >= 0.3 is 0 Å². The molecule has 1 unspecified atom stereocenters. The first-order valence-corrected chi connectivity index (χ1v) is 10.3. The summed E-state index contributed by atoms with van der Waals surface area (Å²) in [5.74, 6) is 0.515. The van der Waals surface area contributed by atoms with Gasteiger partial charge in [0.05, 0.1) is 29.7 Å². The number of amides is 1. The van der Waals surface area contributed by atoms with Crippen LogP contribution in [0.25, 0.3) is 10.2 Å². The summed E-state index contributed by atoms with van der Waals surface area (Å²) in [5.41, 5.74) is 2.40. The van der Waals surface area contributed by atoms with Crippen molar-refractivity contribution in [2.24, 2.45) is 7.05 Å². The Morgan fingerprint density at radius 1 is 1.10 bits per heavy atom. The van der Waals surface area contributed by atoms with E-state index in [1.54, 1.807) is 21.1 Å². The van der Waals surface area contributed by atoms with Crippen LogP contribution in [0.1, 0.15) is 32.4 Å². The number of benzene rings is 2. The molecule has 4 rings (SSSR count). The molecule has 4 aromatic rings. The number of aromatic nitrogens is 2. The number of ether oxygens (including phenoxy) is 1. The molecule has 0 saturated heterocycles. The maximum atomic E-state index is 13.2. The first kappa shape index (κ1) is 19.8. The fraction of sp³-hybridized carbons (Fsp3) is 0.174. The van der Waals surface area contributed by atoms with Crippen LogP contribution in [0.5, 0.6) is 5.75 Å². The summed E-state index contributed by atoms with van der Waals surface area (Å²) in [6, 6.07) is 17.0. The SMILES string of the molecule is COc1ccc(C(NC(=O)c2sc3ncn(C)c(=O)c3c2C)c2ccccc2)cc1. The topological polar surface area (TPSA) is 73.2 Å². The van der Waals surface area contributed by atoms with Gasteiger partial charge in [-0.15, -0.1) is 11.3 Å². The highest BCUT2D eigenvalue weighted by atomic mass is 32.1. The molecule has 2 heterocycles. The standard InChI is InChI=1S/C23H21N3O3S/c1-14-18-22(24-13-26(2)23(18)28)30-20(14)21(27)25-19(15-7-5-4-6-8-15)16-9-11-17(29-3)12-10-16/h4-13,19H,1-3H3,(H,25,27). The van der Waals surface area contributed by atoms with Crippen molar-refractivity contribution in [3.05, 3.63) is 92.8 Å². The Labute approximate surface area is 177 Å². The first-order chi connectivity index (χ1) is 14.5. The molecule has 2 aromatic heterocycles. The van der Waals surface area contributed by atoms with Gasteiger partial charge in [-0.3, -0.25) is 9.59 Å². The Morgan fingerprint density at radius 2 is 1.77 bits per heavy atom. The lowest BCUT2D eigenvalue weighted by molar-refractivity contribution is 0.0946. The smallest absolute Gasteiger partial charge is 0.262 e. The van der Waals surface area contributed by atoms with E-state index in [9.17, 15) is 9.59 Å². The van der Waals surface area contributed by atoms with Crippen molar-refractivity contribution in [1.82, 2.24) is 14.9 Å². The molecule has 0 bridgehead atoms. The molecule has 6 nitrogen and oxygen atoms in total. The predicted molar refractivity (Wildman–Crippen MR) is 118 cm³/mol. The van der Waals surface area contributed by atoms with E-state index in [4.69, 9.17) is 4.74 Å². The summed E-state index contributed by atoms with van der Waals surface area (Å²) in [6.07, 6.45) is 1.48. The molecular formula is C23H21N3O3S. The van der Waals surface area contributed by atoms with Crippen LogP contribution >= 0.6 is 11.3 Å². The molecule has 1 atom stereocenters. The number of carbonyl (C=O) groups is 1. The third kappa shape index (κ3) is 3.59. The number of fused-ring (bicyclic) bond motifs is 1. The Hall–Kier alpha value is -3.45. The molecule has 2 aromatic carbocycles. The maximum absolute atomic E-state index is 13.2. The van der Waals surface area contributed by atoms with Gasteiger partial charge in [0.1, 0.15) is 10.6 Å². The molecule has 7 heteroatoms. The van der Waals surface area contributed by atoms with Crippen LogP contribution in [0.2, 0.25) is 0 Å². The number of hydrogen-bond donors (Lipinski definition) is 1. The number of rotatable bonds is 5. The number of thiophene rings is 1. The van der Waals surface area contributed by atoms with Gasteiger partial charge in [-0.2, -0.15) is 0 Å². The zero-order valence-electron chi connectivity index (χ0n) is 16.9. The second kappa shape index (κ2) is 8.12. The second-order valence-electron chi connectivity index (χ2n) is 6.99. The van der Waals surface area contributed by atoms with Gasteiger partial charge in [0, 0.05) is 7.05 Å². The van der Waals surface area contributed by atoms with E-state index < -0.39 is 0 Å². The van der Waals surface area contributed by atoms with Gasteiger partial charge in [0.25, 0.3) is 11.5 Å². The molecule has 0 spiro atoms. The molecule has 0 aliphatic carbocycles. The van der Waals surface area contributed by atoms with Crippen molar-refractivity contribution in [2.45, 2.75) is 13.0 Å². The van der Waals surface area contributed by atoms with Crippen LogP contribution in [0.3, 0.4) is 0 Å². The summed E-state index contributed by atoms with van der Waals surface area (Å²) in [5, 5.41) is 3.63. The Morgan fingerprint density at radius 3 is 2.43 bits per heavy atom. The summed E-state index contributed by atoms with van der Waals surface area (Å²) in [7, 11) is 3.27. The average Bonchev–Trinajstić information content (AvgIpc) is 3.12. The van der Waals surface area contributed by atoms with Crippen LogP contribution < -0.4 is 15.6 Å². The van der Waals surface area contributed by atoms with Crippen molar-refractivity contribution in [3.8, 4) is 5.75 Å². The van der Waals surface area contributed by atoms with Crippen molar-refractivity contribution in [1.29, 1.82) is 0 Å². The number of hydrogen-bond acceptors (Lipinski definition) is 5. The summed E-state index contributed by atoms with van der Waals surface area (Å²) < 4.78 is 6.68. The minimum atomic E-state index is -0.343. The van der Waals surface area contributed by atoms with Crippen LogP contribution in [-0.2, 0) is 7.05 Å². The Bertz CT molecular complexity index is 1260. The van der Waals surface area contributed by atoms with Crippen molar-refractivity contribution >= 4 is 27.5 Å². The largest absolute Gasteiger partial charge is 0.497 e. The number of nitrogens with zero attached hydrogens (tertiary/aromatic N) is 2. The molecular weight excluding hydrogens is 398 g/mol. The third-order valence-corrected chi connectivity index (χ3v) is 6.27. The van der Waals surface area contributed by atoms with Crippen LogP contribution in [0.4, 0.5) is 0 Å². The fourth-order valence-electron chi connectivity index (χ4n) is 3.42. The molecule has 0 aliphatic rings. The van der Waals surface area contributed by atoms with Crippen molar-refractivity contribution in [2.75, 3.05) is 7.11 Å². The summed E-state index contributed by atoms with van der Waals surface area (Å²) >= 11 is 1.24. The van der Waals surface area contributed by atoms with Gasteiger partial charge < -0.3 is 14.6 Å². The predicted octanol–water partition coefficient (Wildman–Crippen LogP) is 3.83.